The minimum atomic E-state index is -3.60. The summed E-state index contributed by atoms with van der Waals surface area (Å²) in [6.45, 7) is 2.31. The van der Waals surface area contributed by atoms with E-state index in [4.69, 9.17) is 0 Å². The van der Waals surface area contributed by atoms with Gasteiger partial charge in [0.25, 0.3) is 10.0 Å². The molecular formula is C17H17N3O3S2. The van der Waals surface area contributed by atoms with Crippen LogP contribution in [0.4, 0.5) is 0 Å². The van der Waals surface area contributed by atoms with Gasteiger partial charge in [0.1, 0.15) is 4.90 Å². The number of hydrogen-bond acceptors (Lipinski definition) is 5. The Morgan fingerprint density at radius 3 is 2.56 bits per heavy atom. The molecule has 0 unspecified atom stereocenters. The smallest absolute Gasteiger partial charge is 0.285 e. The lowest BCUT2D eigenvalue weighted by molar-refractivity contribution is -0.131. The van der Waals surface area contributed by atoms with E-state index in [0.717, 1.165) is 4.88 Å². The highest BCUT2D eigenvalue weighted by Crippen LogP contribution is 2.27. The van der Waals surface area contributed by atoms with E-state index >= 15 is 0 Å². The second-order valence-electron chi connectivity index (χ2n) is 6.01. The van der Waals surface area contributed by atoms with Crippen molar-refractivity contribution in [3.63, 3.8) is 0 Å². The van der Waals surface area contributed by atoms with Crippen LogP contribution in [0.3, 0.4) is 0 Å². The maximum atomic E-state index is 12.4. The van der Waals surface area contributed by atoms with Gasteiger partial charge in [-0.05, 0) is 23.6 Å². The third-order valence-electron chi connectivity index (χ3n) is 4.45. The number of piperazine rings is 1. The number of thiophene rings is 1. The largest absolute Gasteiger partial charge is 0.352 e. The van der Waals surface area contributed by atoms with E-state index in [9.17, 15) is 13.2 Å². The van der Waals surface area contributed by atoms with Crippen molar-refractivity contribution in [1.29, 1.82) is 0 Å². The molecule has 0 aliphatic carbocycles. The number of fused-ring (bicyclic) bond motifs is 1. The molecule has 0 spiro atoms. The number of rotatable bonds is 2. The third-order valence-corrected chi connectivity index (χ3v) is 6.65. The fourth-order valence-electron chi connectivity index (χ4n) is 3.16. The van der Waals surface area contributed by atoms with Crippen LogP contribution in [0, 0.1) is 0 Å². The summed E-state index contributed by atoms with van der Waals surface area (Å²) in [5.74, 6) is 0.615. The zero-order valence-corrected chi connectivity index (χ0v) is 15.1. The van der Waals surface area contributed by atoms with Gasteiger partial charge in [0, 0.05) is 36.6 Å². The first-order valence-corrected chi connectivity index (χ1v) is 10.4. The van der Waals surface area contributed by atoms with Crippen molar-refractivity contribution in [2.45, 2.75) is 11.3 Å². The van der Waals surface area contributed by atoms with Gasteiger partial charge in [-0.15, -0.1) is 15.7 Å². The van der Waals surface area contributed by atoms with Crippen molar-refractivity contribution in [2.24, 2.45) is 4.40 Å². The summed E-state index contributed by atoms with van der Waals surface area (Å²) in [5, 5.41) is 1.97. The number of hydrogen-bond donors (Lipinski definition) is 0. The van der Waals surface area contributed by atoms with Gasteiger partial charge in [-0.25, -0.2) is 0 Å². The van der Waals surface area contributed by atoms with Crippen molar-refractivity contribution in [2.75, 3.05) is 26.2 Å². The first-order valence-electron chi connectivity index (χ1n) is 8.04. The van der Waals surface area contributed by atoms with Gasteiger partial charge in [-0.3, -0.25) is 4.79 Å². The Labute approximate surface area is 150 Å². The summed E-state index contributed by atoms with van der Waals surface area (Å²) in [7, 11) is -3.60. The molecular weight excluding hydrogens is 358 g/mol. The average Bonchev–Trinajstić information content (AvgIpc) is 3.22. The maximum Gasteiger partial charge on any atom is 0.285 e. The second-order valence-corrected chi connectivity index (χ2v) is 8.61. The average molecular weight is 375 g/mol. The fourth-order valence-corrected chi connectivity index (χ4v) is 5.08. The van der Waals surface area contributed by atoms with Crippen LogP contribution >= 0.6 is 11.3 Å². The topological polar surface area (TPSA) is 70.1 Å². The highest BCUT2D eigenvalue weighted by Gasteiger charge is 2.33. The molecule has 1 aromatic heterocycles. The van der Waals surface area contributed by atoms with Gasteiger partial charge in [0.15, 0.2) is 5.84 Å². The molecule has 0 N–H and O–H groups in total. The number of amidine groups is 1. The lowest BCUT2D eigenvalue weighted by atomic mass is 10.1. The van der Waals surface area contributed by atoms with Crippen molar-refractivity contribution in [1.82, 2.24) is 9.80 Å². The van der Waals surface area contributed by atoms with Crippen LogP contribution in [0.5, 0.6) is 0 Å². The van der Waals surface area contributed by atoms with Crippen molar-refractivity contribution < 1.29 is 13.2 Å². The van der Waals surface area contributed by atoms with E-state index in [1.54, 1.807) is 29.5 Å². The summed E-state index contributed by atoms with van der Waals surface area (Å²) in [6.07, 6.45) is 0.426. The molecule has 0 bridgehead atoms. The number of nitrogens with zero attached hydrogens (tertiary/aromatic N) is 3. The van der Waals surface area contributed by atoms with Crippen LogP contribution < -0.4 is 0 Å². The Balaban J connectivity index is 1.45. The molecule has 1 aromatic carbocycles. The van der Waals surface area contributed by atoms with E-state index in [1.165, 1.54) is 0 Å². The summed E-state index contributed by atoms with van der Waals surface area (Å²) >= 11 is 1.58. The molecule has 6 nitrogen and oxygen atoms in total. The van der Waals surface area contributed by atoms with E-state index < -0.39 is 10.0 Å². The van der Waals surface area contributed by atoms with E-state index in [0.29, 0.717) is 44.0 Å². The Hall–Kier alpha value is -2.19. The van der Waals surface area contributed by atoms with Crippen LogP contribution in [0.25, 0.3) is 0 Å². The number of carbonyl (C=O) groups is 1. The molecule has 1 saturated heterocycles. The highest BCUT2D eigenvalue weighted by molar-refractivity contribution is 7.90. The van der Waals surface area contributed by atoms with E-state index in [2.05, 4.69) is 4.40 Å². The predicted octanol–water partition coefficient (Wildman–Crippen LogP) is 1.58. The van der Waals surface area contributed by atoms with Crippen LogP contribution in [0.1, 0.15) is 10.4 Å². The molecule has 25 heavy (non-hydrogen) atoms. The monoisotopic (exact) mass is 375 g/mol. The predicted molar refractivity (Wildman–Crippen MR) is 96.3 cm³/mol. The van der Waals surface area contributed by atoms with E-state index in [-0.39, 0.29) is 10.8 Å². The SMILES string of the molecule is O=C(Cc1cccs1)N1CCN(C2=NS(=O)(=O)c3ccccc32)CC1. The van der Waals surface area contributed by atoms with E-state index in [1.807, 2.05) is 33.4 Å². The molecule has 1 amide bonds. The highest BCUT2D eigenvalue weighted by atomic mass is 32.2. The van der Waals surface area contributed by atoms with Crippen LogP contribution in [-0.2, 0) is 21.2 Å². The number of benzene rings is 1. The standard InChI is InChI=1S/C17H17N3O3S2/c21-16(12-13-4-3-11-24-13)19-7-9-20(10-8-19)17-14-5-1-2-6-15(14)25(22,23)18-17/h1-6,11H,7-10,12H2. The molecule has 0 atom stereocenters. The Bertz CT molecular complexity index is 928. The summed E-state index contributed by atoms with van der Waals surface area (Å²) in [4.78, 5) is 17.5. The quantitative estimate of drug-likeness (QED) is 0.799. The van der Waals surface area contributed by atoms with Gasteiger partial charge >= 0.3 is 0 Å². The Morgan fingerprint density at radius 1 is 1.08 bits per heavy atom. The molecule has 2 aromatic rings. The maximum absolute atomic E-state index is 12.4. The minimum absolute atomic E-state index is 0.114. The first kappa shape index (κ1) is 16.3. The van der Waals surface area contributed by atoms with Gasteiger partial charge in [-0.1, -0.05) is 18.2 Å². The number of sulfonamides is 1. The second kappa shape index (κ2) is 6.27. The third kappa shape index (κ3) is 3.07. The summed E-state index contributed by atoms with van der Waals surface area (Å²) in [5.41, 5.74) is 0.654. The van der Waals surface area contributed by atoms with Crippen molar-refractivity contribution in [3.05, 3.63) is 52.2 Å². The zero-order valence-electron chi connectivity index (χ0n) is 13.5. The van der Waals surface area contributed by atoms with Gasteiger partial charge in [0.05, 0.1) is 6.42 Å². The van der Waals surface area contributed by atoms with Gasteiger partial charge in [-0.2, -0.15) is 8.42 Å². The van der Waals surface area contributed by atoms with Crippen LogP contribution in [-0.4, -0.2) is 56.1 Å². The van der Waals surface area contributed by atoms with Crippen molar-refractivity contribution in [3.8, 4) is 0 Å². The fraction of sp³-hybridized carbons (Fsp3) is 0.294. The molecule has 1 fully saturated rings. The van der Waals surface area contributed by atoms with Crippen LogP contribution in [0.15, 0.2) is 51.1 Å². The van der Waals surface area contributed by atoms with Crippen molar-refractivity contribution >= 4 is 33.1 Å². The molecule has 130 valence electrons. The molecule has 2 aliphatic heterocycles. The molecule has 2 aliphatic rings. The van der Waals surface area contributed by atoms with Gasteiger partial charge < -0.3 is 9.80 Å². The molecule has 0 saturated carbocycles. The van der Waals surface area contributed by atoms with Crippen LogP contribution in [0.2, 0.25) is 0 Å². The van der Waals surface area contributed by atoms with Gasteiger partial charge in [0.2, 0.25) is 5.91 Å². The molecule has 0 radical (unpaired) electrons. The Morgan fingerprint density at radius 2 is 1.84 bits per heavy atom. The zero-order chi connectivity index (χ0) is 17.4. The summed E-state index contributed by atoms with van der Waals surface area (Å²) in [6, 6.07) is 10.8. The number of amides is 1. The molecule has 4 rings (SSSR count). The molecule has 8 heteroatoms. The Kier molecular flexibility index (Phi) is 4.09. The minimum Gasteiger partial charge on any atom is -0.352 e. The lowest BCUT2D eigenvalue weighted by Crippen LogP contribution is -2.51. The summed E-state index contributed by atoms with van der Waals surface area (Å²) < 4.78 is 28.3. The lowest BCUT2D eigenvalue weighted by Gasteiger charge is -2.35. The molecule has 3 heterocycles. The first-order chi connectivity index (χ1) is 12.0. The number of carbonyl (C=O) groups excluding carboxylic acids is 1. The normalized spacial score (nSPS) is 18.8.